The third-order valence-electron chi connectivity index (χ3n) is 1.44. The maximum Gasteiger partial charge on any atom is 3.00 e. The van der Waals surface area contributed by atoms with Crippen molar-refractivity contribution in [3.63, 3.8) is 0 Å². The molecule has 1 atom stereocenters. The molecule has 20 heavy (non-hydrogen) atoms. The monoisotopic (exact) mass is 326 g/mol. The summed E-state index contributed by atoms with van der Waals surface area (Å²) in [6, 6.07) is 0. The Morgan fingerprint density at radius 3 is 2.00 bits per heavy atom. The third kappa shape index (κ3) is 36.0. The maximum atomic E-state index is 8.00. The molecule has 0 amide bonds. The van der Waals surface area contributed by atoms with Crippen LogP contribution < -0.4 is 0 Å². The van der Waals surface area contributed by atoms with E-state index in [1.54, 1.807) is 6.61 Å². The molecule has 1 saturated heterocycles. The normalized spacial score (nSPS) is 14.8. The van der Waals surface area contributed by atoms with Crippen LogP contribution in [0.15, 0.2) is 18.2 Å². The van der Waals surface area contributed by atoms with Crippen molar-refractivity contribution >= 4 is 20.4 Å². The maximum absolute atomic E-state index is 8.00. The van der Waals surface area contributed by atoms with Crippen molar-refractivity contribution in [2.45, 2.75) is 19.4 Å². The molecule has 0 saturated carbocycles. The van der Waals surface area contributed by atoms with Crippen LogP contribution in [0.2, 0.25) is 0 Å². The summed E-state index contributed by atoms with van der Waals surface area (Å²) in [7, 11) is 0. The number of allylic oxidation sites excluding steroid dienone is 4. The first kappa shape index (κ1) is 31.4. The van der Waals surface area contributed by atoms with Crippen molar-refractivity contribution in [1.29, 1.82) is 0 Å². The van der Waals surface area contributed by atoms with Gasteiger partial charge in [0.05, 0.1) is 6.61 Å². The minimum atomic E-state index is 0. The SMILES string of the molecule is C=O.C=O.C=O.C[CH-]OCC1CO1.[C-]1=CC=CC1.[CH3-].[Mn+3]. The number of ether oxygens (including phenoxy) is 2. The molecule has 0 N–H and O–H groups in total. The Balaban J connectivity index is -0.0000000519. The Morgan fingerprint density at radius 2 is 1.80 bits per heavy atom. The molecule has 1 heterocycles. The quantitative estimate of drug-likeness (QED) is 0.449. The first-order valence-electron chi connectivity index (χ1n) is 5.03. The van der Waals surface area contributed by atoms with Gasteiger partial charge in [0.15, 0.2) is 0 Å². The molecule has 1 unspecified atom stereocenters. The largest absolute Gasteiger partial charge is 3.00 e. The fourth-order valence-electron chi connectivity index (χ4n) is 0.708. The average molecular weight is 326 g/mol. The molecule has 2 aliphatic rings. The standard InChI is InChI=1S/C5H9O2.C5H5.3CH2O.CH3.Mn/c1-2-6-3-5-4-7-5;1-2-4-5-3-1;3*1-2;;/h2,5H,3-4H2,1H3;1-3H,4H2;3*1H2;1H3;/q2*-1;;;;-1;+3. The summed E-state index contributed by atoms with van der Waals surface area (Å²) in [5.41, 5.74) is 0. The average Bonchev–Trinajstić information content (AvgIpc) is 3.11. The van der Waals surface area contributed by atoms with Crippen LogP contribution in [0.5, 0.6) is 0 Å². The molecule has 5 nitrogen and oxygen atoms in total. The van der Waals surface area contributed by atoms with E-state index in [1.165, 1.54) is 0 Å². The first-order valence-corrected chi connectivity index (χ1v) is 5.03. The number of carbonyl (C=O) groups excluding carboxylic acids is 3. The molecule has 0 aromatic carbocycles. The van der Waals surface area contributed by atoms with E-state index in [9.17, 15) is 0 Å². The minimum Gasteiger partial charge on any atom is -0.550 e. The zero-order chi connectivity index (χ0) is 14.6. The Labute approximate surface area is 132 Å². The van der Waals surface area contributed by atoms with E-state index in [4.69, 9.17) is 23.9 Å². The van der Waals surface area contributed by atoms with Crippen molar-refractivity contribution in [3.05, 3.63) is 38.3 Å². The second kappa shape index (κ2) is 36.1. The Morgan fingerprint density at radius 1 is 1.30 bits per heavy atom. The van der Waals surface area contributed by atoms with E-state index in [0.29, 0.717) is 6.10 Å². The summed E-state index contributed by atoms with van der Waals surface area (Å²) in [5, 5.41) is 0. The van der Waals surface area contributed by atoms with Gasteiger partial charge in [0, 0.05) is 6.61 Å². The van der Waals surface area contributed by atoms with Gasteiger partial charge in [-0.1, -0.05) is 0 Å². The molecule has 116 valence electrons. The van der Waals surface area contributed by atoms with E-state index in [1.807, 2.05) is 39.4 Å². The number of rotatable bonds is 3. The molecular weight excluding hydrogens is 303 g/mol. The van der Waals surface area contributed by atoms with Crippen molar-refractivity contribution < 1.29 is 40.9 Å². The van der Waals surface area contributed by atoms with Crippen LogP contribution in [0.25, 0.3) is 0 Å². The van der Waals surface area contributed by atoms with Crippen LogP contribution >= 0.6 is 0 Å². The van der Waals surface area contributed by atoms with Crippen molar-refractivity contribution in [2.24, 2.45) is 0 Å². The van der Waals surface area contributed by atoms with Crippen molar-refractivity contribution in [1.82, 2.24) is 0 Å². The predicted octanol–water partition coefficient (Wildman–Crippen LogP) is 1.78. The molecule has 6 heteroatoms. The van der Waals surface area contributed by atoms with Crippen LogP contribution in [0.4, 0.5) is 0 Å². The topological polar surface area (TPSA) is 73.0 Å². The summed E-state index contributed by atoms with van der Waals surface area (Å²) in [4.78, 5) is 24.0. The first-order chi connectivity index (χ1) is 8.93. The third-order valence-corrected chi connectivity index (χ3v) is 1.44. The van der Waals surface area contributed by atoms with E-state index in [-0.39, 0.29) is 24.5 Å². The van der Waals surface area contributed by atoms with E-state index >= 15 is 0 Å². The Hall–Kier alpha value is -1.07. The number of hydrogen-bond donors (Lipinski definition) is 0. The van der Waals surface area contributed by atoms with Crippen LogP contribution in [0.3, 0.4) is 0 Å². The van der Waals surface area contributed by atoms with Gasteiger partial charge in [-0.2, -0.15) is 13.0 Å². The molecule has 0 radical (unpaired) electrons. The molecule has 0 aromatic heterocycles. The minimum absolute atomic E-state index is 0. The van der Waals surface area contributed by atoms with Crippen LogP contribution in [-0.2, 0) is 40.9 Å². The number of epoxide rings is 1. The van der Waals surface area contributed by atoms with Gasteiger partial charge in [-0.15, -0.1) is 6.42 Å². The summed E-state index contributed by atoms with van der Waals surface area (Å²) < 4.78 is 9.77. The molecule has 2 rings (SSSR count). The molecule has 0 bridgehead atoms. The van der Waals surface area contributed by atoms with Gasteiger partial charge in [-0.3, -0.25) is 6.08 Å². The van der Waals surface area contributed by atoms with Gasteiger partial charge in [0.2, 0.25) is 0 Å². The molecule has 1 aliphatic carbocycles. The van der Waals surface area contributed by atoms with E-state index in [2.05, 4.69) is 12.2 Å². The van der Waals surface area contributed by atoms with Gasteiger partial charge in [-0.05, 0) is 0 Å². The van der Waals surface area contributed by atoms with E-state index < -0.39 is 0 Å². The second-order valence-electron chi connectivity index (χ2n) is 2.53. The number of carbonyl (C=O) groups is 3. The smallest absolute Gasteiger partial charge is 0.550 e. The molecule has 0 spiro atoms. The Kier molecular flexibility index (Phi) is 56.6. The van der Waals surface area contributed by atoms with E-state index in [0.717, 1.165) is 19.6 Å². The van der Waals surface area contributed by atoms with Gasteiger partial charge < -0.3 is 31.3 Å². The van der Waals surface area contributed by atoms with Crippen LogP contribution in [-0.4, -0.2) is 39.7 Å². The van der Waals surface area contributed by atoms with Crippen molar-refractivity contribution in [3.8, 4) is 0 Å². The molecule has 1 aliphatic heterocycles. The fraction of sp³-hybridized carbons (Fsp3) is 0.357. The van der Waals surface area contributed by atoms with Crippen LogP contribution in [0, 0.1) is 20.1 Å². The Bertz CT molecular complexity index is 191. The molecule has 0 aromatic rings. The van der Waals surface area contributed by atoms with Crippen molar-refractivity contribution in [2.75, 3.05) is 13.2 Å². The molecule has 1 fully saturated rings. The zero-order valence-corrected chi connectivity index (χ0v) is 13.2. The second-order valence-corrected chi connectivity index (χ2v) is 2.53. The predicted molar refractivity (Wildman–Crippen MR) is 75.0 cm³/mol. The van der Waals surface area contributed by atoms with Crippen LogP contribution in [0.1, 0.15) is 13.3 Å². The van der Waals surface area contributed by atoms with Gasteiger partial charge in [-0.25, -0.2) is 18.8 Å². The van der Waals surface area contributed by atoms with Gasteiger partial charge >= 0.3 is 17.1 Å². The summed E-state index contributed by atoms with van der Waals surface area (Å²) in [6.45, 7) is 11.2. The van der Waals surface area contributed by atoms with Gasteiger partial charge in [0.1, 0.15) is 26.5 Å². The fourth-order valence-corrected chi connectivity index (χ4v) is 0.708. The summed E-state index contributed by atoms with van der Waals surface area (Å²) in [5.74, 6) is 0. The zero-order valence-electron chi connectivity index (χ0n) is 12.0. The summed E-state index contributed by atoms with van der Waals surface area (Å²) >= 11 is 0. The molecular formula is C14H23MnO5. The van der Waals surface area contributed by atoms with Gasteiger partial charge in [0.25, 0.3) is 0 Å². The number of hydrogen-bond acceptors (Lipinski definition) is 5. The summed E-state index contributed by atoms with van der Waals surface area (Å²) in [6.07, 6.45) is 10.4.